The Hall–Kier alpha value is -3.39. The smallest absolute Gasteiger partial charge is 0.296 e. The van der Waals surface area contributed by atoms with Crippen molar-refractivity contribution in [2.45, 2.75) is 19.8 Å². The van der Waals surface area contributed by atoms with Gasteiger partial charge in [-0.25, -0.2) is 0 Å². The van der Waals surface area contributed by atoms with Crippen molar-refractivity contribution in [2.24, 2.45) is 0 Å². The summed E-state index contributed by atoms with van der Waals surface area (Å²) in [5.41, 5.74) is 1.26. The summed E-state index contributed by atoms with van der Waals surface area (Å²) in [6, 6.07) is 11.1. The molecular weight excluding hydrogens is 388 g/mol. The van der Waals surface area contributed by atoms with Crippen LogP contribution in [0.4, 0.5) is 0 Å². The molecule has 0 amide bonds. The first kappa shape index (κ1) is 18.9. The first-order valence-corrected chi connectivity index (χ1v) is 10.0. The van der Waals surface area contributed by atoms with Gasteiger partial charge in [-0.05, 0) is 47.9 Å². The lowest BCUT2D eigenvalue weighted by atomic mass is 10.1. The number of hydrogen-bond donors (Lipinski definition) is 0. The van der Waals surface area contributed by atoms with Crippen molar-refractivity contribution >= 4 is 22.4 Å². The molecule has 0 saturated carbocycles. The van der Waals surface area contributed by atoms with E-state index in [1.807, 2.05) is 31.2 Å². The topological polar surface area (TPSA) is 86.4 Å². The van der Waals surface area contributed by atoms with Gasteiger partial charge in [0.15, 0.2) is 0 Å². The van der Waals surface area contributed by atoms with Crippen molar-refractivity contribution in [3.8, 4) is 5.75 Å². The lowest BCUT2D eigenvalue weighted by Gasteiger charge is -2.05. The van der Waals surface area contributed by atoms with Crippen LogP contribution in [0.15, 0.2) is 58.4 Å². The molecule has 8 heteroatoms. The molecule has 0 aliphatic heterocycles. The SMILES string of the molecule is CCCOc1ccc(Cc2nn3c(=O)c(=Cc4ccncc4)sc3nc2=O)cc1. The normalized spacial score (nSPS) is 11.8. The number of thiazole rings is 1. The number of ether oxygens (including phenoxy) is 1. The van der Waals surface area contributed by atoms with Crippen molar-refractivity contribution in [3.05, 3.63) is 90.9 Å². The molecule has 4 rings (SSSR count). The lowest BCUT2D eigenvalue weighted by molar-refractivity contribution is 0.317. The van der Waals surface area contributed by atoms with E-state index in [9.17, 15) is 9.59 Å². The highest BCUT2D eigenvalue weighted by Crippen LogP contribution is 2.14. The van der Waals surface area contributed by atoms with Gasteiger partial charge in [-0.15, -0.1) is 0 Å². The standard InChI is InChI=1S/C21H18N4O3S/c1-2-11-28-16-5-3-14(4-6-16)12-17-19(26)23-21-25(24-17)20(27)18(29-21)13-15-7-9-22-10-8-15/h3-10,13H,2,11-12H2,1H3. The van der Waals surface area contributed by atoms with E-state index in [-0.39, 0.29) is 16.2 Å². The summed E-state index contributed by atoms with van der Waals surface area (Å²) in [5, 5.41) is 4.28. The second-order valence-corrected chi connectivity index (χ2v) is 7.43. The van der Waals surface area contributed by atoms with Crippen LogP contribution in [0, 0.1) is 0 Å². The van der Waals surface area contributed by atoms with Crippen molar-refractivity contribution in [1.29, 1.82) is 0 Å². The molecule has 146 valence electrons. The van der Waals surface area contributed by atoms with Gasteiger partial charge >= 0.3 is 0 Å². The summed E-state index contributed by atoms with van der Waals surface area (Å²) in [7, 11) is 0. The van der Waals surface area contributed by atoms with Crippen LogP contribution in [0.2, 0.25) is 0 Å². The third-order valence-electron chi connectivity index (χ3n) is 4.22. The van der Waals surface area contributed by atoms with Crippen LogP contribution in [-0.2, 0) is 6.42 Å². The van der Waals surface area contributed by atoms with Crippen LogP contribution in [0.5, 0.6) is 5.75 Å². The zero-order valence-electron chi connectivity index (χ0n) is 15.7. The van der Waals surface area contributed by atoms with Crippen LogP contribution in [0.1, 0.15) is 30.2 Å². The molecule has 0 aliphatic rings. The first-order valence-electron chi connectivity index (χ1n) is 9.20. The Morgan fingerprint density at radius 2 is 1.86 bits per heavy atom. The highest BCUT2D eigenvalue weighted by atomic mass is 32.1. The van der Waals surface area contributed by atoms with Crippen LogP contribution >= 0.6 is 11.3 Å². The van der Waals surface area contributed by atoms with Crippen molar-refractivity contribution < 1.29 is 4.74 Å². The van der Waals surface area contributed by atoms with Crippen LogP contribution < -0.4 is 20.4 Å². The fourth-order valence-electron chi connectivity index (χ4n) is 2.78. The number of benzene rings is 1. The first-order chi connectivity index (χ1) is 14.1. The van der Waals surface area contributed by atoms with Gasteiger partial charge < -0.3 is 4.74 Å². The molecule has 0 bridgehead atoms. The lowest BCUT2D eigenvalue weighted by Crippen LogP contribution is -2.28. The predicted molar refractivity (Wildman–Crippen MR) is 111 cm³/mol. The van der Waals surface area contributed by atoms with Gasteiger partial charge in [0.05, 0.1) is 11.1 Å². The van der Waals surface area contributed by atoms with E-state index in [2.05, 4.69) is 15.1 Å². The monoisotopic (exact) mass is 406 g/mol. The largest absolute Gasteiger partial charge is 0.494 e. The molecule has 0 aliphatic carbocycles. The molecule has 0 saturated heterocycles. The van der Waals surface area contributed by atoms with Gasteiger partial charge in [0.1, 0.15) is 11.4 Å². The molecule has 0 N–H and O–H groups in total. The van der Waals surface area contributed by atoms with Gasteiger partial charge in [0.2, 0.25) is 4.96 Å². The summed E-state index contributed by atoms with van der Waals surface area (Å²) >= 11 is 1.14. The average molecular weight is 406 g/mol. The average Bonchev–Trinajstić information content (AvgIpc) is 3.03. The van der Waals surface area contributed by atoms with Gasteiger partial charge in [-0.3, -0.25) is 14.6 Å². The van der Waals surface area contributed by atoms with E-state index in [1.54, 1.807) is 30.6 Å². The van der Waals surface area contributed by atoms with Crippen molar-refractivity contribution in [2.75, 3.05) is 6.61 Å². The Kier molecular flexibility index (Phi) is 5.44. The highest BCUT2D eigenvalue weighted by Gasteiger charge is 2.12. The summed E-state index contributed by atoms with van der Waals surface area (Å²) < 4.78 is 7.23. The minimum Gasteiger partial charge on any atom is -0.494 e. The Bertz CT molecular complexity index is 1300. The number of fused-ring (bicyclic) bond motifs is 1. The van der Waals surface area contributed by atoms with Gasteiger partial charge in [0.25, 0.3) is 11.1 Å². The third kappa shape index (κ3) is 4.22. The quantitative estimate of drug-likeness (QED) is 0.486. The van der Waals surface area contributed by atoms with E-state index < -0.39 is 5.56 Å². The van der Waals surface area contributed by atoms with E-state index in [0.717, 1.165) is 34.6 Å². The predicted octanol–water partition coefficient (Wildman–Crippen LogP) is 1.83. The van der Waals surface area contributed by atoms with Crippen molar-refractivity contribution in [1.82, 2.24) is 19.6 Å². The number of rotatable bonds is 6. The Morgan fingerprint density at radius 1 is 1.10 bits per heavy atom. The number of pyridine rings is 1. The number of hydrogen-bond acceptors (Lipinski definition) is 7. The Balaban J connectivity index is 1.67. The number of nitrogens with zero attached hydrogens (tertiary/aromatic N) is 4. The van der Waals surface area contributed by atoms with E-state index in [0.29, 0.717) is 17.6 Å². The zero-order chi connectivity index (χ0) is 20.2. The molecule has 0 spiro atoms. The summed E-state index contributed by atoms with van der Waals surface area (Å²) in [6.07, 6.45) is 6.28. The summed E-state index contributed by atoms with van der Waals surface area (Å²) in [6.45, 7) is 2.71. The molecule has 3 heterocycles. The van der Waals surface area contributed by atoms with Crippen LogP contribution in [0.3, 0.4) is 0 Å². The molecule has 4 aromatic rings. The van der Waals surface area contributed by atoms with E-state index >= 15 is 0 Å². The Labute approximate surface area is 170 Å². The van der Waals surface area contributed by atoms with Crippen LogP contribution in [0.25, 0.3) is 11.0 Å². The number of aromatic nitrogens is 4. The molecule has 0 radical (unpaired) electrons. The highest BCUT2D eigenvalue weighted by molar-refractivity contribution is 7.15. The minimum absolute atomic E-state index is 0.232. The molecule has 0 unspecified atom stereocenters. The maximum atomic E-state index is 12.7. The Morgan fingerprint density at radius 3 is 2.59 bits per heavy atom. The third-order valence-corrected chi connectivity index (χ3v) is 5.18. The van der Waals surface area contributed by atoms with E-state index in [4.69, 9.17) is 4.74 Å². The molecule has 1 aromatic carbocycles. The second-order valence-electron chi connectivity index (χ2n) is 6.42. The summed E-state index contributed by atoms with van der Waals surface area (Å²) in [5.74, 6) is 0.782. The van der Waals surface area contributed by atoms with Crippen molar-refractivity contribution in [3.63, 3.8) is 0 Å². The molecule has 7 nitrogen and oxygen atoms in total. The maximum Gasteiger partial charge on any atom is 0.296 e. The molecule has 29 heavy (non-hydrogen) atoms. The molecular formula is C21H18N4O3S. The van der Waals surface area contributed by atoms with Gasteiger partial charge in [0, 0.05) is 18.8 Å². The zero-order valence-corrected chi connectivity index (χ0v) is 16.6. The molecule has 0 atom stereocenters. The fourth-order valence-corrected chi connectivity index (χ4v) is 3.68. The van der Waals surface area contributed by atoms with Gasteiger partial charge in [-0.1, -0.05) is 30.4 Å². The molecule has 3 aromatic heterocycles. The maximum absolute atomic E-state index is 12.7. The van der Waals surface area contributed by atoms with Gasteiger partial charge in [-0.2, -0.15) is 14.6 Å². The minimum atomic E-state index is -0.423. The van der Waals surface area contributed by atoms with E-state index in [1.165, 1.54) is 4.52 Å². The fraction of sp³-hybridized carbons (Fsp3) is 0.190. The summed E-state index contributed by atoms with van der Waals surface area (Å²) in [4.78, 5) is 33.4. The second kappa shape index (κ2) is 8.32. The van der Waals surface area contributed by atoms with Crippen LogP contribution in [-0.4, -0.2) is 26.2 Å². The molecule has 0 fully saturated rings.